The monoisotopic (exact) mass is 282 g/mol. The van der Waals surface area contributed by atoms with E-state index in [-0.39, 0.29) is 0 Å². The van der Waals surface area contributed by atoms with Gasteiger partial charge in [0.2, 0.25) is 0 Å². The van der Waals surface area contributed by atoms with E-state index in [9.17, 15) is 5.11 Å². The number of benzene rings is 1. The summed E-state index contributed by atoms with van der Waals surface area (Å²) < 4.78 is 0. The molecule has 0 atom stereocenters. The van der Waals surface area contributed by atoms with Crippen LogP contribution in [-0.4, -0.2) is 28.1 Å². The van der Waals surface area contributed by atoms with Crippen molar-refractivity contribution in [3.8, 4) is 0 Å². The van der Waals surface area contributed by atoms with Gasteiger partial charge in [0.25, 0.3) is 0 Å². The standard InChI is InChI=1S/C18H22N2O/c21-18(8-3-9-18)17-7-5-15-12-14(4-6-16(15)19-17)13-20-10-1-2-11-20/h4-7,12,21H,1-3,8-11,13H2. The highest BCUT2D eigenvalue weighted by Gasteiger charge is 2.37. The summed E-state index contributed by atoms with van der Waals surface area (Å²) in [5.74, 6) is 0. The van der Waals surface area contributed by atoms with Gasteiger partial charge < -0.3 is 5.11 Å². The SMILES string of the molecule is OC1(c2ccc3cc(CN4CCCC4)ccc3n2)CCC1. The minimum atomic E-state index is -0.664. The molecule has 0 radical (unpaired) electrons. The zero-order valence-electron chi connectivity index (χ0n) is 12.4. The van der Waals surface area contributed by atoms with Gasteiger partial charge in [-0.05, 0) is 69.0 Å². The van der Waals surface area contributed by atoms with Crippen molar-refractivity contribution in [3.05, 3.63) is 41.6 Å². The zero-order chi connectivity index (χ0) is 14.3. The Bertz CT molecular complexity index is 657. The molecule has 21 heavy (non-hydrogen) atoms. The summed E-state index contributed by atoms with van der Waals surface area (Å²) in [6.07, 6.45) is 5.45. The van der Waals surface area contributed by atoms with Crippen LogP contribution in [0.5, 0.6) is 0 Å². The Morgan fingerprint density at radius 2 is 1.86 bits per heavy atom. The van der Waals surface area contributed by atoms with Crippen molar-refractivity contribution in [1.29, 1.82) is 0 Å². The molecular formula is C18H22N2O. The summed E-state index contributed by atoms with van der Waals surface area (Å²) in [6.45, 7) is 3.49. The largest absolute Gasteiger partial charge is 0.384 e. The van der Waals surface area contributed by atoms with Crippen LogP contribution in [0.3, 0.4) is 0 Å². The number of hydrogen-bond acceptors (Lipinski definition) is 3. The molecule has 0 unspecified atom stereocenters. The number of aromatic nitrogens is 1. The van der Waals surface area contributed by atoms with Crippen LogP contribution in [0.2, 0.25) is 0 Å². The molecule has 1 aromatic carbocycles. The molecule has 110 valence electrons. The van der Waals surface area contributed by atoms with E-state index in [0.717, 1.165) is 37.0 Å². The third kappa shape index (κ3) is 2.45. The maximum Gasteiger partial charge on any atom is 0.107 e. The fraction of sp³-hybridized carbons (Fsp3) is 0.500. The van der Waals surface area contributed by atoms with Gasteiger partial charge in [-0.2, -0.15) is 0 Å². The predicted octanol–water partition coefficient (Wildman–Crippen LogP) is 3.20. The lowest BCUT2D eigenvalue weighted by Crippen LogP contribution is -2.34. The molecule has 4 rings (SSSR count). The van der Waals surface area contributed by atoms with Gasteiger partial charge in [-0.15, -0.1) is 0 Å². The lowest BCUT2D eigenvalue weighted by Gasteiger charge is -2.36. The number of hydrogen-bond donors (Lipinski definition) is 1. The summed E-state index contributed by atoms with van der Waals surface area (Å²) in [7, 11) is 0. The average molecular weight is 282 g/mol. The van der Waals surface area contributed by atoms with E-state index in [0.29, 0.717) is 0 Å². The third-order valence-corrected chi connectivity index (χ3v) is 5.02. The van der Waals surface area contributed by atoms with Gasteiger partial charge in [0.1, 0.15) is 5.60 Å². The molecule has 1 saturated heterocycles. The van der Waals surface area contributed by atoms with E-state index >= 15 is 0 Å². The summed E-state index contributed by atoms with van der Waals surface area (Å²) in [6, 6.07) is 10.6. The van der Waals surface area contributed by atoms with Gasteiger partial charge in [0.05, 0.1) is 11.2 Å². The molecule has 0 spiro atoms. The minimum Gasteiger partial charge on any atom is -0.384 e. The van der Waals surface area contributed by atoms with Crippen LogP contribution in [0, 0.1) is 0 Å². The molecule has 2 aliphatic rings. The molecule has 1 N–H and O–H groups in total. The Hall–Kier alpha value is -1.45. The van der Waals surface area contributed by atoms with Gasteiger partial charge >= 0.3 is 0 Å². The highest BCUT2D eigenvalue weighted by atomic mass is 16.3. The van der Waals surface area contributed by atoms with Crippen molar-refractivity contribution in [1.82, 2.24) is 9.88 Å². The summed E-state index contributed by atoms with van der Waals surface area (Å²) in [4.78, 5) is 7.19. The fourth-order valence-corrected chi connectivity index (χ4v) is 3.50. The maximum absolute atomic E-state index is 10.4. The van der Waals surface area contributed by atoms with Gasteiger partial charge in [-0.3, -0.25) is 4.90 Å². The molecular weight excluding hydrogens is 260 g/mol. The highest BCUT2D eigenvalue weighted by molar-refractivity contribution is 5.79. The minimum absolute atomic E-state index is 0.664. The summed E-state index contributed by atoms with van der Waals surface area (Å²) >= 11 is 0. The molecule has 1 aliphatic carbocycles. The smallest absolute Gasteiger partial charge is 0.107 e. The molecule has 3 nitrogen and oxygen atoms in total. The number of rotatable bonds is 3. The van der Waals surface area contributed by atoms with Crippen molar-refractivity contribution < 1.29 is 5.11 Å². The van der Waals surface area contributed by atoms with Gasteiger partial charge in [-0.1, -0.05) is 12.1 Å². The van der Waals surface area contributed by atoms with Crippen LogP contribution in [0.1, 0.15) is 43.4 Å². The maximum atomic E-state index is 10.4. The van der Waals surface area contributed by atoms with Crippen molar-refractivity contribution >= 4 is 10.9 Å². The van der Waals surface area contributed by atoms with Gasteiger partial charge in [-0.25, -0.2) is 4.98 Å². The molecule has 2 heterocycles. The number of nitrogens with zero attached hydrogens (tertiary/aromatic N) is 2. The lowest BCUT2D eigenvalue weighted by molar-refractivity contribution is -0.0423. The van der Waals surface area contributed by atoms with E-state index in [2.05, 4.69) is 34.1 Å². The third-order valence-electron chi connectivity index (χ3n) is 5.02. The number of aliphatic hydroxyl groups is 1. The first-order valence-corrected chi connectivity index (χ1v) is 8.08. The van der Waals surface area contributed by atoms with Crippen LogP contribution in [-0.2, 0) is 12.1 Å². The first-order chi connectivity index (χ1) is 10.2. The zero-order valence-corrected chi connectivity index (χ0v) is 12.4. The quantitative estimate of drug-likeness (QED) is 0.939. The highest BCUT2D eigenvalue weighted by Crippen LogP contribution is 2.40. The number of pyridine rings is 1. The Morgan fingerprint density at radius 1 is 1.05 bits per heavy atom. The molecule has 2 aromatic rings. The molecule has 1 saturated carbocycles. The molecule has 0 amide bonds. The first-order valence-electron chi connectivity index (χ1n) is 8.08. The summed E-state index contributed by atoms with van der Waals surface area (Å²) in [5.41, 5.74) is 2.54. The van der Waals surface area contributed by atoms with E-state index < -0.39 is 5.60 Å². The topological polar surface area (TPSA) is 36.4 Å². The Morgan fingerprint density at radius 3 is 2.57 bits per heavy atom. The Balaban J connectivity index is 1.61. The Kier molecular flexibility index (Phi) is 3.20. The van der Waals surface area contributed by atoms with E-state index in [4.69, 9.17) is 0 Å². The molecule has 1 aliphatic heterocycles. The molecule has 2 fully saturated rings. The van der Waals surface area contributed by atoms with Gasteiger partial charge in [0.15, 0.2) is 0 Å². The van der Waals surface area contributed by atoms with Crippen LogP contribution < -0.4 is 0 Å². The molecule has 0 bridgehead atoms. The normalized spacial score (nSPS) is 21.6. The van der Waals surface area contributed by atoms with E-state index in [1.807, 2.05) is 6.07 Å². The van der Waals surface area contributed by atoms with Crippen molar-refractivity contribution in [2.75, 3.05) is 13.1 Å². The van der Waals surface area contributed by atoms with Crippen LogP contribution >= 0.6 is 0 Å². The van der Waals surface area contributed by atoms with E-state index in [1.165, 1.54) is 36.9 Å². The number of fused-ring (bicyclic) bond motifs is 1. The summed E-state index contributed by atoms with van der Waals surface area (Å²) in [5, 5.41) is 11.6. The molecule has 3 heteroatoms. The second kappa shape index (κ2) is 5.08. The van der Waals surface area contributed by atoms with Crippen molar-refractivity contribution in [2.45, 2.75) is 44.2 Å². The average Bonchev–Trinajstić information content (AvgIpc) is 2.97. The number of likely N-dealkylation sites (tertiary alicyclic amines) is 1. The van der Waals surface area contributed by atoms with Crippen LogP contribution in [0.15, 0.2) is 30.3 Å². The first kappa shape index (κ1) is 13.2. The van der Waals surface area contributed by atoms with E-state index in [1.54, 1.807) is 0 Å². The molecule has 1 aromatic heterocycles. The van der Waals surface area contributed by atoms with Crippen LogP contribution in [0.25, 0.3) is 10.9 Å². The van der Waals surface area contributed by atoms with Gasteiger partial charge in [0, 0.05) is 11.9 Å². The lowest BCUT2D eigenvalue weighted by atomic mass is 9.77. The predicted molar refractivity (Wildman–Crippen MR) is 84.0 cm³/mol. The Labute approximate surface area is 125 Å². The van der Waals surface area contributed by atoms with Crippen molar-refractivity contribution in [2.24, 2.45) is 0 Å². The van der Waals surface area contributed by atoms with Crippen LogP contribution in [0.4, 0.5) is 0 Å². The van der Waals surface area contributed by atoms with Crippen molar-refractivity contribution in [3.63, 3.8) is 0 Å². The second-order valence-corrected chi connectivity index (χ2v) is 6.59. The second-order valence-electron chi connectivity index (χ2n) is 6.59. The fourth-order valence-electron chi connectivity index (χ4n) is 3.50.